The molecule has 0 unspecified atom stereocenters. The van der Waals surface area contributed by atoms with Gasteiger partial charge in [-0.1, -0.05) is 22.8 Å². The van der Waals surface area contributed by atoms with E-state index in [1.165, 1.54) is 23.9 Å². The number of carbonyl (C=O) groups excluding carboxylic acids is 1. The van der Waals surface area contributed by atoms with E-state index in [-0.39, 0.29) is 11.7 Å². The number of halogens is 2. The van der Waals surface area contributed by atoms with Crippen molar-refractivity contribution in [3.05, 3.63) is 75.5 Å². The van der Waals surface area contributed by atoms with Gasteiger partial charge < -0.3 is 9.42 Å². The van der Waals surface area contributed by atoms with Gasteiger partial charge in [0.2, 0.25) is 0 Å². The monoisotopic (exact) mass is 474 g/mol. The quantitative estimate of drug-likeness (QED) is 0.481. The molecule has 168 valence electrons. The molecule has 3 heterocycles. The van der Waals surface area contributed by atoms with Gasteiger partial charge in [0, 0.05) is 55.3 Å². The minimum absolute atomic E-state index is 0.0150. The van der Waals surface area contributed by atoms with Crippen molar-refractivity contribution in [1.82, 2.24) is 19.9 Å². The zero-order valence-corrected chi connectivity index (χ0v) is 19.5. The predicted molar refractivity (Wildman–Crippen MR) is 122 cm³/mol. The fourth-order valence-electron chi connectivity index (χ4n) is 3.69. The van der Waals surface area contributed by atoms with Crippen molar-refractivity contribution in [3.63, 3.8) is 0 Å². The lowest BCUT2D eigenvalue weighted by Crippen LogP contribution is -2.48. The summed E-state index contributed by atoms with van der Waals surface area (Å²) < 4.78 is 18.5. The second-order valence-corrected chi connectivity index (χ2v) is 9.12. The van der Waals surface area contributed by atoms with E-state index in [1.54, 1.807) is 18.3 Å². The molecule has 0 bridgehead atoms. The zero-order chi connectivity index (χ0) is 22.7. The van der Waals surface area contributed by atoms with Gasteiger partial charge in [-0.05, 0) is 43.7 Å². The van der Waals surface area contributed by atoms with Crippen LogP contribution >= 0.6 is 23.4 Å². The molecule has 1 fully saturated rings. The number of rotatable bonds is 6. The zero-order valence-electron chi connectivity index (χ0n) is 18.0. The number of thioether (sulfide) groups is 1. The SMILES string of the molecule is Cc1noc(C)c1CSc1ncccc1C(=O)N1CCN(Cc2ccc(F)cc2Cl)CC1. The summed E-state index contributed by atoms with van der Waals surface area (Å²) in [6.45, 7) is 7.10. The van der Waals surface area contributed by atoms with Crippen LogP contribution in [0.2, 0.25) is 5.02 Å². The summed E-state index contributed by atoms with van der Waals surface area (Å²) in [7, 11) is 0. The molecule has 1 aliphatic rings. The second-order valence-electron chi connectivity index (χ2n) is 7.75. The summed E-state index contributed by atoms with van der Waals surface area (Å²) in [6, 6.07) is 8.09. The highest BCUT2D eigenvalue weighted by Crippen LogP contribution is 2.28. The largest absolute Gasteiger partial charge is 0.361 e. The summed E-state index contributed by atoms with van der Waals surface area (Å²) in [4.78, 5) is 21.8. The molecule has 0 atom stereocenters. The highest BCUT2D eigenvalue weighted by atomic mass is 35.5. The Kier molecular flexibility index (Phi) is 7.13. The number of piperazine rings is 1. The Morgan fingerprint density at radius 1 is 1.22 bits per heavy atom. The normalized spacial score (nSPS) is 14.7. The van der Waals surface area contributed by atoms with Crippen LogP contribution in [-0.4, -0.2) is 52.0 Å². The van der Waals surface area contributed by atoms with Crippen molar-refractivity contribution < 1.29 is 13.7 Å². The Labute approximate surface area is 195 Å². The van der Waals surface area contributed by atoms with Crippen LogP contribution in [0, 0.1) is 19.7 Å². The summed E-state index contributed by atoms with van der Waals surface area (Å²) in [5.41, 5.74) is 3.39. The third-order valence-electron chi connectivity index (χ3n) is 5.60. The Morgan fingerprint density at radius 3 is 2.69 bits per heavy atom. The summed E-state index contributed by atoms with van der Waals surface area (Å²) >= 11 is 7.68. The molecule has 1 amide bonds. The summed E-state index contributed by atoms with van der Waals surface area (Å²) in [6.07, 6.45) is 1.71. The summed E-state index contributed by atoms with van der Waals surface area (Å²) in [5, 5.41) is 5.13. The maximum atomic E-state index is 13.3. The lowest BCUT2D eigenvalue weighted by molar-refractivity contribution is 0.0624. The fraction of sp³-hybridized carbons (Fsp3) is 0.348. The van der Waals surface area contributed by atoms with Crippen LogP contribution < -0.4 is 0 Å². The third kappa shape index (κ3) is 5.14. The van der Waals surface area contributed by atoms with Crippen molar-refractivity contribution in [2.75, 3.05) is 26.2 Å². The van der Waals surface area contributed by atoms with Crippen molar-refractivity contribution in [3.8, 4) is 0 Å². The van der Waals surface area contributed by atoms with Gasteiger partial charge in [0.05, 0.1) is 11.3 Å². The molecule has 32 heavy (non-hydrogen) atoms. The lowest BCUT2D eigenvalue weighted by Gasteiger charge is -2.35. The molecule has 1 aliphatic heterocycles. The van der Waals surface area contributed by atoms with E-state index in [9.17, 15) is 9.18 Å². The van der Waals surface area contributed by atoms with Gasteiger partial charge in [-0.2, -0.15) is 0 Å². The molecule has 6 nitrogen and oxygen atoms in total. The van der Waals surface area contributed by atoms with E-state index in [1.807, 2.05) is 24.8 Å². The van der Waals surface area contributed by atoms with Gasteiger partial charge in [0.15, 0.2) is 0 Å². The van der Waals surface area contributed by atoms with E-state index in [2.05, 4.69) is 15.0 Å². The number of aromatic nitrogens is 2. The van der Waals surface area contributed by atoms with E-state index >= 15 is 0 Å². The number of hydrogen-bond donors (Lipinski definition) is 0. The molecule has 1 saturated heterocycles. The van der Waals surface area contributed by atoms with Crippen molar-refractivity contribution >= 4 is 29.3 Å². The van der Waals surface area contributed by atoms with Gasteiger partial charge in [-0.25, -0.2) is 9.37 Å². The minimum Gasteiger partial charge on any atom is -0.361 e. The van der Waals surface area contributed by atoms with Crippen LogP contribution in [0.25, 0.3) is 0 Å². The Balaban J connectivity index is 1.38. The van der Waals surface area contributed by atoms with Gasteiger partial charge in [0.1, 0.15) is 16.6 Å². The van der Waals surface area contributed by atoms with Gasteiger partial charge in [0.25, 0.3) is 5.91 Å². The molecule has 0 aliphatic carbocycles. The smallest absolute Gasteiger partial charge is 0.256 e. The molecule has 3 aromatic rings. The predicted octanol–water partition coefficient (Wildman–Crippen LogP) is 4.73. The molecule has 2 aromatic heterocycles. The fourth-order valence-corrected chi connectivity index (χ4v) is 5.05. The first-order valence-corrected chi connectivity index (χ1v) is 11.7. The number of aryl methyl sites for hydroxylation is 2. The Morgan fingerprint density at radius 2 is 2.00 bits per heavy atom. The van der Waals surface area contributed by atoms with E-state index < -0.39 is 0 Å². The first-order valence-electron chi connectivity index (χ1n) is 10.4. The third-order valence-corrected chi connectivity index (χ3v) is 6.99. The molecule has 0 radical (unpaired) electrons. The van der Waals surface area contributed by atoms with Crippen molar-refractivity contribution in [2.24, 2.45) is 0 Å². The first kappa shape index (κ1) is 22.8. The molecule has 1 aromatic carbocycles. The highest BCUT2D eigenvalue weighted by molar-refractivity contribution is 7.98. The highest BCUT2D eigenvalue weighted by Gasteiger charge is 2.25. The van der Waals surface area contributed by atoms with Crippen LogP contribution in [0.15, 0.2) is 46.1 Å². The topological polar surface area (TPSA) is 62.5 Å². The van der Waals surface area contributed by atoms with Crippen LogP contribution in [0.5, 0.6) is 0 Å². The molecule has 0 saturated carbocycles. The summed E-state index contributed by atoms with van der Waals surface area (Å²) in [5.74, 6) is 1.08. The van der Waals surface area contributed by atoms with Crippen molar-refractivity contribution in [1.29, 1.82) is 0 Å². The van der Waals surface area contributed by atoms with Gasteiger partial charge in [-0.15, -0.1) is 11.8 Å². The number of amides is 1. The van der Waals surface area contributed by atoms with Crippen LogP contribution in [0.4, 0.5) is 4.39 Å². The minimum atomic E-state index is -0.339. The van der Waals surface area contributed by atoms with E-state index in [0.717, 1.165) is 35.7 Å². The maximum Gasteiger partial charge on any atom is 0.256 e. The molecular formula is C23H24ClFN4O2S. The molecule has 0 N–H and O–H groups in total. The molecule has 9 heteroatoms. The van der Waals surface area contributed by atoms with E-state index in [4.69, 9.17) is 16.1 Å². The average molecular weight is 475 g/mol. The molecule has 0 spiro atoms. The average Bonchev–Trinajstić information content (AvgIpc) is 3.11. The van der Waals surface area contributed by atoms with Crippen LogP contribution in [0.1, 0.15) is 32.9 Å². The number of nitrogens with zero attached hydrogens (tertiary/aromatic N) is 4. The number of hydrogen-bond acceptors (Lipinski definition) is 6. The van der Waals surface area contributed by atoms with E-state index in [0.29, 0.717) is 41.0 Å². The number of benzene rings is 1. The Bertz CT molecular complexity index is 1100. The molecule has 4 rings (SSSR count). The van der Waals surface area contributed by atoms with Gasteiger partial charge >= 0.3 is 0 Å². The molecular weight excluding hydrogens is 451 g/mol. The van der Waals surface area contributed by atoms with Gasteiger partial charge in [-0.3, -0.25) is 9.69 Å². The standard InChI is InChI=1S/C23H24ClFN4O2S/c1-15-20(16(2)31-27-15)14-32-22-19(4-3-7-26-22)23(30)29-10-8-28(9-11-29)13-17-5-6-18(25)12-21(17)24/h3-7,12H,8-11,13-14H2,1-2H3. The van der Waals surface area contributed by atoms with Crippen molar-refractivity contribution in [2.45, 2.75) is 31.2 Å². The first-order chi connectivity index (χ1) is 15.4. The maximum absolute atomic E-state index is 13.3. The second kappa shape index (κ2) is 10.0. The van der Waals surface area contributed by atoms with Crippen LogP contribution in [0.3, 0.4) is 0 Å². The Hall–Kier alpha value is -2.42. The number of pyridine rings is 1. The lowest BCUT2D eigenvalue weighted by atomic mass is 10.1. The van der Waals surface area contributed by atoms with Crippen LogP contribution in [-0.2, 0) is 12.3 Å². The number of carbonyl (C=O) groups is 1.